The summed E-state index contributed by atoms with van der Waals surface area (Å²) in [5.41, 5.74) is 0. The van der Waals surface area contributed by atoms with E-state index in [2.05, 4.69) is 43.5 Å². The fourth-order valence-electron chi connectivity index (χ4n) is 10.0. The molecule has 1 saturated heterocycles. The number of aliphatic hydroxyl groups excluding tert-OH is 5. The Bertz CT molecular complexity index is 1230. The number of hydrogen-bond acceptors (Lipinski definition) is 8. The summed E-state index contributed by atoms with van der Waals surface area (Å²) < 4.78 is 11.3. The van der Waals surface area contributed by atoms with Crippen LogP contribution in [0.15, 0.2) is 36.5 Å². The van der Waals surface area contributed by atoms with Crippen molar-refractivity contribution >= 4 is 5.91 Å². The number of hydrogen-bond donors (Lipinski definition) is 6. The van der Waals surface area contributed by atoms with E-state index in [0.717, 1.165) is 44.9 Å². The Morgan fingerprint density at radius 1 is 0.472 bits per heavy atom. The molecule has 424 valence electrons. The van der Waals surface area contributed by atoms with Crippen molar-refractivity contribution in [2.24, 2.45) is 0 Å². The number of nitrogens with one attached hydrogen (secondary N) is 1. The summed E-state index contributed by atoms with van der Waals surface area (Å²) >= 11 is 0. The van der Waals surface area contributed by atoms with E-state index >= 15 is 0 Å². The highest BCUT2D eigenvalue weighted by molar-refractivity contribution is 5.76. The van der Waals surface area contributed by atoms with E-state index in [4.69, 9.17) is 9.47 Å². The Kier molecular flexibility index (Phi) is 50.2. The zero-order chi connectivity index (χ0) is 52.2. The van der Waals surface area contributed by atoms with Gasteiger partial charge in [0.25, 0.3) is 0 Å². The first-order valence-corrected chi connectivity index (χ1v) is 31.2. The fraction of sp³-hybridized carbons (Fsp3) is 0.889. The minimum Gasteiger partial charge on any atom is -0.394 e. The molecule has 7 atom stereocenters. The van der Waals surface area contributed by atoms with Gasteiger partial charge in [-0.05, 0) is 51.4 Å². The van der Waals surface area contributed by atoms with E-state index in [0.29, 0.717) is 6.42 Å². The predicted octanol–water partition coefficient (Wildman–Crippen LogP) is 15.9. The van der Waals surface area contributed by atoms with Crippen LogP contribution in [-0.2, 0) is 14.3 Å². The van der Waals surface area contributed by atoms with Gasteiger partial charge in [0.1, 0.15) is 24.4 Å². The van der Waals surface area contributed by atoms with Gasteiger partial charge in [0.05, 0.1) is 25.4 Å². The molecular formula is C63H119NO8. The second-order valence-electron chi connectivity index (χ2n) is 21.9. The van der Waals surface area contributed by atoms with Gasteiger partial charge in [-0.15, -0.1) is 0 Å². The third-order valence-electron chi connectivity index (χ3n) is 15.0. The van der Waals surface area contributed by atoms with Crippen molar-refractivity contribution < 1.29 is 39.8 Å². The lowest BCUT2D eigenvalue weighted by molar-refractivity contribution is -0.302. The number of allylic oxidation sites excluding steroid dienone is 5. The lowest BCUT2D eigenvalue weighted by Gasteiger charge is -2.40. The van der Waals surface area contributed by atoms with Crippen molar-refractivity contribution in [3.8, 4) is 0 Å². The number of aliphatic hydroxyl groups is 5. The average molecular weight is 1020 g/mol. The summed E-state index contributed by atoms with van der Waals surface area (Å²) in [6.07, 6.45) is 62.2. The minimum absolute atomic E-state index is 0.175. The zero-order valence-electron chi connectivity index (χ0n) is 47.2. The molecule has 0 bridgehead atoms. The summed E-state index contributed by atoms with van der Waals surface area (Å²) in [5, 5.41) is 54.6. The molecular weight excluding hydrogens is 899 g/mol. The van der Waals surface area contributed by atoms with Crippen LogP contribution in [-0.4, -0.2) is 87.5 Å². The van der Waals surface area contributed by atoms with Gasteiger partial charge < -0.3 is 40.3 Å². The molecule has 9 nitrogen and oxygen atoms in total. The van der Waals surface area contributed by atoms with Crippen LogP contribution < -0.4 is 5.32 Å². The Morgan fingerprint density at radius 2 is 0.819 bits per heavy atom. The van der Waals surface area contributed by atoms with Gasteiger partial charge in [-0.1, -0.05) is 281 Å². The highest BCUT2D eigenvalue weighted by Crippen LogP contribution is 2.23. The quantitative estimate of drug-likeness (QED) is 0.0261. The SMILES string of the molecule is CCCCCCC/C=C\C/C=C\CCCCCCCCCCCCCC(=O)NC(COC1OC(CO)C(O)C(O)C1O)C(O)/C=C/CCCCCCCCCCCCCCCCCCCCCCCCCC. The maximum atomic E-state index is 13.1. The Labute approximate surface area is 444 Å². The molecule has 0 aromatic rings. The lowest BCUT2D eigenvalue weighted by atomic mass is 9.99. The van der Waals surface area contributed by atoms with Crippen LogP contribution in [0.3, 0.4) is 0 Å². The first kappa shape index (κ1) is 68.4. The van der Waals surface area contributed by atoms with E-state index < -0.39 is 49.5 Å². The number of ether oxygens (including phenoxy) is 2. The molecule has 0 radical (unpaired) electrons. The van der Waals surface area contributed by atoms with Gasteiger partial charge in [0, 0.05) is 6.42 Å². The first-order valence-electron chi connectivity index (χ1n) is 31.2. The van der Waals surface area contributed by atoms with Crippen LogP contribution in [0.1, 0.15) is 303 Å². The predicted molar refractivity (Wildman–Crippen MR) is 304 cm³/mol. The van der Waals surface area contributed by atoms with Crippen molar-refractivity contribution in [2.45, 2.75) is 346 Å². The smallest absolute Gasteiger partial charge is 0.220 e. The topological polar surface area (TPSA) is 149 Å². The number of unbranched alkanes of at least 4 members (excludes halogenated alkanes) is 40. The Balaban J connectivity index is 2.19. The third-order valence-corrected chi connectivity index (χ3v) is 15.0. The Morgan fingerprint density at radius 3 is 1.19 bits per heavy atom. The second-order valence-corrected chi connectivity index (χ2v) is 21.9. The van der Waals surface area contributed by atoms with Crippen LogP contribution in [0.25, 0.3) is 0 Å². The van der Waals surface area contributed by atoms with Gasteiger partial charge in [0.15, 0.2) is 6.29 Å². The molecule has 0 aliphatic carbocycles. The normalized spacial score (nSPS) is 19.3. The Hall–Kier alpha value is -1.59. The highest BCUT2D eigenvalue weighted by Gasteiger charge is 2.44. The molecule has 1 heterocycles. The molecule has 0 saturated carbocycles. The average Bonchev–Trinajstić information content (AvgIpc) is 3.38. The maximum Gasteiger partial charge on any atom is 0.220 e. The molecule has 0 aromatic heterocycles. The van der Waals surface area contributed by atoms with Crippen LogP contribution in [0.4, 0.5) is 0 Å². The van der Waals surface area contributed by atoms with Gasteiger partial charge in [-0.25, -0.2) is 0 Å². The van der Waals surface area contributed by atoms with Crippen molar-refractivity contribution in [3.63, 3.8) is 0 Å². The summed E-state index contributed by atoms with van der Waals surface area (Å²) in [7, 11) is 0. The molecule has 1 amide bonds. The molecule has 1 aliphatic rings. The van der Waals surface area contributed by atoms with Crippen LogP contribution in [0, 0.1) is 0 Å². The number of carbonyl (C=O) groups is 1. The summed E-state index contributed by atoms with van der Waals surface area (Å²) in [5.74, 6) is -0.175. The summed E-state index contributed by atoms with van der Waals surface area (Å²) in [6.45, 7) is 3.81. The van der Waals surface area contributed by atoms with Crippen molar-refractivity contribution in [1.29, 1.82) is 0 Å². The molecule has 72 heavy (non-hydrogen) atoms. The van der Waals surface area contributed by atoms with Crippen LogP contribution in [0.5, 0.6) is 0 Å². The molecule has 0 aromatic carbocycles. The van der Waals surface area contributed by atoms with Gasteiger partial charge in [0.2, 0.25) is 5.91 Å². The van der Waals surface area contributed by atoms with Crippen molar-refractivity contribution in [1.82, 2.24) is 5.32 Å². The second kappa shape index (κ2) is 52.8. The molecule has 1 fully saturated rings. The molecule has 6 N–H and O–H groups in total. The lowest BCUT2D eigenvalue weighted by Crippen LogP contribution is -2.60. The number of amides is 1. The van der Waals surface area contributed by atoms with E-state index in [-0.39, 0.29) is 12.5 Å². The third kappa shape index (κ3) is 41.6. The molecule has 1 rings (SSSR count). The van der Waals surface area contributed by atoms with Gasteiger partial charge in [-0.2, -0.15) is 0 Å². The first-order chi connectivity index (χ1) is 35.3. The summed E-state index contributed by atoms with van der Waals surface area (Å²) in [4.78, 5) is 13.1. The summed E-state index contributed by atoms with van der Waals surface area (Å²) in [6, 6.07) is -0.807. The van der Waals surface area contributed by atoms with Crippen molar-refractivity contribution in [3.05, 3.63) is 36.5 Å². The molecule has 0 spiro atoms. The van der Waals surface area contributed by atoms with Crippen molar-refractivity contribution in [2.75, 3.05) is 13.2 Å². The van der Waals surface area contributed by atoms with Crippen LogP contribution in [0.2, 0.25) is 0 Å². The fourth-order valence-corrected chi connectivity index (χ4v) is 10.0. The van der Waals surface area contributed by atoms with E-state index in [9.17, 15) is 30.3 Å². The van der Waals surface area contributed by atoms with E-state index in [1.807, 2.05) is 6.08 Å². The maximum absolute atomic E-state index is 13.1. The molecule has 7 unspecified atom stereocenters. The number of rotatable bonds is 54. The van der Waals surface area contributed by atoms with E-state index in [1.165, 1.54) is 238 Å². The van der Waals surface area contributed by atoms with Gasteiger partial charge >= 0.3 is 0 Å². The van der Waals surface area contributed by atoms with E-state index in [1.54, 1.807) is 6.08 Å². The minimum atomic E-state index is -1.57. The monoisotopic (exact) mass is 1020 g/mol. The largest absolute Gasteiger partial charge is 0.394 e. The standard InChI is InChI=1S/C63H119NO8/c1-3-5-7-9-11-13-15-17-19-21-23-25-27-28-29-31-32-34-36-38-40-42-44-46-48-50-52-57(66)56(55-71-63-62(70)61(69)60(68)58(54-65)72-63)64-59(67)53-51-49-47-45-43-41-39-37-35-33-30-26-24-22-20-18-16-14-12-10-8-6-4-2/h16,18,22,24,50,52,56-58,60-63,65-66,68-70H,3-15,17,19-21,23,25-49,51,53-55H2,1-2H3,(H,64,67)/b18-16-,24-22-,52-50+. The molecule has 9 heteroatoms. The van der Waals surface area contributed by atoms with Gasteiger partial charge in [-0.3, -0.25) is 4.79 Å². The zero-order valence-corrected chi connectivity index (χ0v) is 47.2. The molecule has 1 aliphatic heterocycles. The highest BCUT2D eigenvalue weighted by atomic mass is 16.7. The van der Waals surface area contributed by atoms with Crippen LogP contribution >= 0.6 is 0 Å². The number of carbonyl (C=O) groups excluding carboxylic acids is 1.